The average molecular weight is 316 g/mol. The van der Waals surface area contributed by atoms with Crippen molar-refractivity contribution in [2.75, 3.05) is 13.3 Å². The van der Waals surface area contributed by atoms with E-state index in [0.29, 0.717) is 24.8 Å². The number of hydrogen-bond donors (Lipinski definition) is 0. The Morgan fingerprint density at radius 3 is 2.68 bits per heavy atom. The predicted molar refractivity (Wildman–Crippen MR) is 86.8 cm³/mol. The summed E-state index contributed by atoms with van der Waals surface area (Å²) in [5.41, 5.74) is 2.15. The van der Waals surface area contributed by atoms with Crippen LogP contribution in [0.25, 0.3) is 0 Å². The predicted octanol–water partition coefficient (Wildman–Crippen LogP) is 3.31. The highest BCUT2D eigenvalue weighted by atomic mass is 35.5. The lowest BCUT2D eigenvalue weighted by molar-refractivity contribution is -0.132. The Labute approximate surface area is 135 Å². The standard InChI is InChI=1S/C18H18ClNO2/c19-16-8-4-7-15(9-16)11-18(21)20-13-22-12-17(20)10-14-5-2-1-3-6-14/h1-9,17H,10-13H2/t17-/m1/s1. The van der Waals surface area contributed by atoms with E-state index in [1.54, 1.807) is 0 Å². The van der Waals surface area contributed by atoms with Gasteiger partial charge in [-0.25, -0.2) is 0 Å². The molecule has 114 valence electrons. The molecular weight excluding hydrogens is 298 g/mol. The Morgan fingerprint density at radius 2 is 1.91 bits per heavy atom. The molecule has 2 aromatic carbocycles. The summed E-state index contributed by atoms with van der Waals surface area (Å²) in [7, 11) is 0. The Balaban J connectivity index is 1.66. The van der Waals surface area contributed by atoms with Crippen LogP contribution >= 0.6 is 11.6 Å². The molecule has 1 amide bonds. The topological polar surface area (TPSA) is 29.5 Å². The van der Waals surface area contributed by atoms with Gasteiger partial charge in [-0.3, -0.25) is 4.79 Å². The molecule has 0 bridgehead atoms. The van der Waals surface area contributed by atoms with Gasteiger partial charge in [0.25, 0.3) is 0 Å². The second-order valence-electron chi connectivity index (χ2n) is 5.51. The van der Waals surface area contributed by atoms with Crippen molar-refractivity contribution in [3.05, 3.63) is 70.7 Å². The lowest BCUT2D eigenvalue weighted by atomic mass is 10.0. The van der Waals surface area contributed by atoms with Gasteiger partial charge in [0, 0.05) is 5.02 Å². The third kappa shape index (κ3) is 3.67. The Kier molecular flexibility index (Phi) is 4.76. The van der Waals surface area contributed by atoms with Crippen molar-refractivity contribution in [1.82, 2.24) is 4.90 Å². The van der Waals surface area contributed by atoms with Crippen LogP contribution in [0.4, 0.5) is 0 Å². The van der Waals surface area contributed by atoms with Gasteiger partial charge in [-0.05, 0) is 29.7 Å². The minimum atomic E-state index is 0.0840. The Morgan fingerprint density at radius 1 is 1.14 bits per heavy atom. The number of amides is 1. The molecule has 1 aliphatic rings. The maximum atomic E-state index is 12.5. The lowest BCUT2D eigenvalue weighted by Crippen LogP contribution is -2.38. The van der Waals surface area contributed by atoms with E-state index in [1.807, 2.05) is 47.4 Å². The van der Waals surface area contributed by atoms with Gasteiger partial charge in [-0.2, -0.15) is 0 Å². The second-order valence-corrected chi connectivity index (χ2v) is 5.95. The van der Waals surface area contributed by atoms with E-state index in [2.05, 4.69) is 12.1 Å². The van der Waals surface area contributed by atoms with Crippen molar-refractivity contribution in [3.8, 4) is 0 Å². The van der Waals surface area contributed by atoms with E-state index >= 15 is 0 Å². The first-order valence-electron chi connectivity index (χ1n) is 7.38. The molecule has 3 nitrogen and oxygen atoms in total. The molecule has 0 aliphatic carbocycles. The highest BCUT2D eigenvalue weighted by Gasteiger charge is 2.29. The normalized spacial score (nSPS) is 17.7. The van der Waals surface area contributed by atoms with Crippen LogP contribution in [0, 0.1) is 0 Å². The van der Waals surface area contributed by atoms with Crippen LogP contribution < -0.4 is 0 Å². The summed E-state index contributed by atoms with van der Waals surface area (Å²) >= 11 is 5.97. The van der Waals surface area contributed by atoms with Crippen LogP contribution in [0.1, 0.15) is 11.1 Å². The van der Waals surface area contributed by atoms with Gasteiger partial charge in [0.1, 0.15) is 6.73 Å². The Hall–Kier alpha value is -1.84. The number of halogens is 1. The van der Waals surface area contributed by atoms with Crippen LogP contribution in [0.3, 0.4) is 0 Å². The molecule has 2 aromatic rings. The van der Waals surface area contributed by atoms with Gasteiger partial charge in [-0.15, -0.1) is 0 Å². The molecular formula is C18H18ClNO2. The van der Waals surface area contributed by atoms with Gasteiger partial charge >= 0.3 is 0 Å². The maximum absolute atomic E-state index is 12.5. The summed E-state index contributed by atoms with van der Waals surface area (Å²) < 4.78 is 5.50. The first kappa shape index (κ1) is 15.1. The fourth-order valence-corrected chi connectivity index (χ4v) is 2.95. The first-order valence-corrected chi connectivity index (χ1v) is 7.76. The summed E-state index contributed by atoms with van der Waals surface area (Å²) in [4.78, 5) is 14.4. The Bertz CT molecular complexity index is 645. The van der Waals surface area contributed by atoms with Gasteiger partial charge in [0.2, 0.25) is 5.91 Å². The minimum absolute atomic E-state index is 0.0840. The van der Waals surface area contributed by atoms with Crippen LogP contribution in [-0.4, -0.2) is 30.2 Å². The van der Waals surface area contributed by atoms with Crippen LogP contribution in [0.2, 0.25) is 5.02 Å². The first-order chi connectivity index (χ1) is 10.7. The second kappa shape index (κ2) is 6.95. The van der Waals surface area contributed by atoms with E-state index < -0.39 is 0 Å². The molecule has 0 saturated carbocycles. The molecule has 4 heteroatoms. The zero-order valence-corrected chi connectivity index (χ0v) is 13.0. The van der Waals surface area contributed by atoms with Gasteiger partial charge in [-0.1, -0.05) is 54.1 Å². The number of rotatable bonds is 4. The molecule has 1 saturated heterocycles. The molecule has 0 aromatic heterocycles. The van der Waals surface area contributed by atoms with Crippen LogP contribution in [0.5, 0.6) is 0 Å². The third-order valence-electron chi connectivity index (χ3n) is 3.86. The van der Waals surface area contributed by atoms with Crippen LogP contribution in [0.15, 0.2) is 54.6 Å². The maximum Gasteiger partial charge on any atom is 0.229 e. The van der Waals surface area contributed by atoms with E-state index in [-0.39, 0.29) is 11.9 Å². The summed E-state index contributed by atoms with van der Waals surface area (Å²) in [5, 5.41) is 0.656. The number of hydrogen-bond acceptors (Lipinski definition) is 2. The summed E-state index contributed by atoms with van der Waals surface area (Å²) in [5.74, 6) is 0.0840. The monoisotopic (exact) mass is 315 g/mol. The SMILES string of the molecule is O=C(Cc1cccc(Cl)c1)N1COC[C@H]1Cc1ccccc1. The van der Waals surface area contributed by atoms with Crippen molar-refractivity contribution >= 4 is 17.5 Å². The molecule has 0 radical (unpaired) electrons. The highest BCUT2D eigenvalue weighted by molar-refractivity contribution is 6.30. The smallest absolute Gasteiger partial charge is 0.229 e. The van der Waals surface area contributed by atoms with Gasteiger partial charge in [0.15, 0.2) is 0 Å². The summed E-state index contributed by atoms with van der Waals surface area (Å²) in [6, 6.07) is 17.7. The third-order valence-corrected chi connectivity index (χ3v) is 4.10. The van der Waals surface area contributed by atoms with Crippen LogP contribution in [-0.2, 0) is 22.4 Å². The number of carbonyl (C=O) groups excluding carboxylic acids is 1. The molecule has 22 heavy (non-hydrogen) atoms. The average Bonchev–Trinajstić information content (AvgIpc) is 2.96. The highest BCUT2D eigenvalue weighted by Crippen LogP contribution is 2.18. The van der Waals surface area contributed by atoms with Crippen molar-refractivity contribution in [3.63, 3.8) is 0 Å². The molecule has 0 spiro atoms. The fourth-order valence-electron chi connectivity index (χ4n) is 2.74. The van der Waals surface area contributed by atoms with Gasteiger partial charge < -0.3 is 9.64 Å². The van der Waals surface area contributed by atoms with E-state index in [0.717, 1.165) is 12.0 Å². The molecule has 1 aliphatic heterocycles. The zero-order chi connectivity index (χ0) is 15.4. The minimum Gasteiger partial charge on any atom is -0.359 e. The molecule has 1 fully saturated rings. The molecule has 1 atom stereocenters. The largest absolute Gasteiger partial charge is 0.359 e. The zero-order valence-electron chi connectivity index (χ0n) is 12.2. The van der Waals surface area contributed by atoms with Crippen molar-refractivity contribution in [2.24, 2.45) is 0 Å². The molecule has 1 heterocycles. The number of carbonyl (C=O) groups is 1. The van der Waals surface area contributed by atoms with Crippen molar-refractivity contribution in [2.45, 2.75) is 18.9 Å². The van der Waals surface area contributed by atoms with E-state index in [1.165, 1.54) is 5.56 Å². The van der Waals surface area contributed by atoms with Crippen molar-refractivity contribution in [1.29, 1.82) is 0 Å². The quantitative estimate of drug-likeness (QED) is 0.866. The number of nitrogens with zero attached hydrogens (tertiary/aromatic N) is 1. The van der Waals surface area contributed by atoms with Gasteiger partial charge in [0.05, 0.1) is 19.1 Å². The molecule has 3 rings (SSSR count). The van der Waals surface area contributed by atoms with Crippen molar-refractivity contribution < 1.29 is 9.53 Å². The lowest BCUT2D eigenvalue weighted by Gasteiger charge is -2.22. The number of benzene rings is 2. The number of ether oxygens (including phenoxy) is 1. The molecule has 0 N–H and O–H groups in total. The summed E-state index contributed by atoms with van der Waals surface area (Å²) in [6.07, 6.45) is 1.18. The van der Waals surface area contributed by atoms with E-state index in [9.17, 15) is 4.79 Å². The fraction of sp³-hybridized carbons (Fsp3) is 0.278. The van der Waals surface area contributed by atoms with E-state index in [4.69, 9.17) is 16.3 Å². The molecule has 0 unspecified atom stereocenters. The summed E-state index contributed by atoms with van der Waals surface area (Å²) in [6.45, 7) is 0.965.